The van der Waals surface area contributed by atoms with Crippen LogP contribution in [-0.2, 0) is 24.7 Å². The second-order valence-electron chi connectivity index (χ2n) is 4.83. The van der Waals surface area contributed by atoms with Gasteiger partial charge >= 0.3 is 5.97 Å². The molecule has 1 heterocycles. The van der Waals surface area contributed by atoms with Gasteiger partial charge in [-0.05, 0) is 40.0 Å². The van der Waals surface area contributed by atoms with E-state index in [1.165, 1.54) is 0 Å². The van der Waals surface area contributed by atoms with Gasteiger partial charge in [-0.25, -0.2) is 0 Å². The monoisotopic (exact) mass is 414 g/mol. The largest absolute Gasteiger partial charge is 0.481 e. The summed E-state index contributed by atoms with van der Waals surface area (Å²) in [5.74, 6) is -1.43. The number of halogens is 2. The minimum absolute atomic E-state index is 0.399. The molecule has 0 fully saturated rings. The molecule has 0 saturated heterocycles. The van der Waals surface area contributed by atoms with Crippen molar-refractivity contribution in [3.8, 4) is 0 Å². The van der Waals surface area contributed by atoms with Crippen molar-refractivity contribution in [1.82, 2.24) is 9.78 Å². The van der Waals surface area contributed by atoms with Gasteiger partial charge in [0, 0.05) is 17.9 Å². The highest BCUT2D eigenvalue weighted by molar-refractivity contribution is 9.10. The Bertz CT molecular complexity index is 668. The molecule has 1 unspecified atom stereocenters. The molecule has 0 saturated carbocycles. The minimum Gasteiger partial charge on any atom is -0.481 e. The van der Waals surface area contributed by atoms with Crippen LogP contribution in [0.15, 0.2) is 33.2 Å². The number of benzene rings is 1. The maximum atomic E-state index is 11.7. The molecule has 0 amide bonds. The van der Waals surface area contributed by atoms with Crippen molar-refractivity contribution >= 4 is 37.8 Å². The summed E-state index contributed by atoms with van der Waals surface area (Å²) in [7, 11) is 1.85. The standard InChI is InChI=1S/C15H16Br2N2O2/c1-3-12-14(17)13(19(2)18-12)8-11(15(20)21)9-5-4-6-10(16)7-9/h4-7,11H,3,8H2,1-2H3,(H,20,21). The summed E-state index contributed by atoms with van der Waals surface area (Å²) in [5.41, 5.74) is 2.63. The molecule has 2 aromatic rings. The number of rotatable bonds is 5. The number of carbonyl (C=O) groups is 1. The quantitative estimate of drug-likeness (QED) is 0.805. The topological polar surface area (TPSA) is 55.1 Å². The smallest absolute Gasteiger partial charge is 0.311 e. The summed E-state index contributed by atoms with van der Waals surface area (Å²) in [4.78, 5) is 11.7. The van der Waals surface area contributed by atoms with Gasteiger partial charge in [0.15, 0.2) is 0 Å². The Kier molecular flexibility index (Phi) is 5.22. The summed E-state index contributed by atoms with van der Waals surface area (Å²) >= 11 is 6.93. The molecule has 1 atom stereocenters. The summed E-state index contributed by atoms with van der Waals surface area (Å²) in [6.07, 6.45) is 1.21. The first-order valence-electron chi connectivity index (χ1n) is 6.62. The number of aliphatic carboxylic acids is 1. The van der Waals surface area contributed by atoms with Crippen LogP contribution in [0.25, 0.3) is 0 Å². The van der Waals surface area contributed by atoms with Crippen molar-refractivity contribution in [1.29, 1.82) is 0 Å². The molecule has 0 spiro atoms. The molecule has 0 bridgehead atoms. The van der Waals surface area contributed by atoms with Gasteiger partial charge in [-0.2, -0.15) is 5.10 Å². The predicted molar refractivity (Wildman–Crippen MR) is 88.5 cm³/mol. The third-order valence-corrected chi connectivity index (χ3v) is 4.86. The lowest BCUT2D eigenvalue weighted by atomic mass is 9.94. The zero-order valence-corrected chi connectivity index (χ0v) is 15.0. The lowest BCUT2D eigenvalue weighted by Gasteiger charge is -2.14. The molecular formula is C15H16Br2N2O2. The van der Waals surface area contributed by atoms with Crippen LogP contribution in [0.2, 0.25) is 0 Å². The number of aryl methyl sites for hydroxylation is 2. The third kappa shape index (κ3) is 3.55. The van der Waals surface area contributed by atoms with E-state index in [2.05, 4.69) is 37.0 Å². The SMILES string of the molecule is CCc1nn(C)c(CC(C(=O)O)c2cccc(Br)c2)c1Br. The Labute approximate surface area is 140 Å². The minimum atomic E-state index is -0.834. The van der Waals surface area contributed by atoms with Crippen molar-refractivity contribution in [2.45, 2.75) is 25.7 Å². The van der Waals surface area contributed by atoms with E-state index in [9.17, 15) is 9.90 Å². The molecule has 0 aliphatic rings. The Morgan fingerprint density at radius 2 is 2.14 bits per heavy atom. The van der Waals surface area contributed by atoms with Crippen LogP contribution in [-0.4, -0.2) is 20.9 Å². The summed E-state index contributed by atoms with van der Waals surface area (Å²) in [6, 6.07) is 7.43. The number of hydrogen-bond acceptors (Lipinski definition) is 2. The molecule has 1 N–H and O–H groups in total. The van der Waals surface area contributed by atoms with Crippen LogP contribution < -0.4 is 0 Å². The highest BCUT2D eigenvalue weighted by Gasteiger charge is 2.24. The highest BCUT2D eigenvalue weighted by Crippen LogP contribution is 2.29. The average Bonchev–Trinajstić information content (AvgIpc) is 2.70. The van der Waals surface area contributed by atoms with E-state index in [1.54, 1.807) is 4.68 Å². The molecular weight excluding hydrogens is 400 g/mol. The molecule has 21 heavy (non-hydrogen) atoms. The van der Waals surface area contributed by atoms with Crippen molar-refractivity contribution < 1.29 is 9.90 Å². The number of carboxylic acid groups (broad SMARTS) is 1. The summed E-state index contributed by atoms with van der Waals surface area (Å²) in [6.45, 7) is 2.03. The molecule has 0 aliphatic heterocycles. The van der Waals surface area contributed by atoms with Crippen LogP contribution in [0.5, 0.6) is 0 Å². The predicted octanol–water partition coefficient (Wildman–Crippen LogP) is 3.92. The van der Waals surface area contributed by atoms with Gasteiger partial charge < -0.3 is 5.11 Å². The normalized spacial score (nSPS) is 12.4. The van der Waals surface area contributed by atoms with Gasteiger partial charge in [-0.3, -0.25) is 9.48 Å². The van der Waals surface area contributed by atoms with Gasteiger partial charge in [-0.1, -0.05) is 35.0 Å². The summed E-state index contributed by atoms with van der Waals surface area (Å²) in [5, 5.41) is 14.0. The first kappa shape index (κ1) is 16.2. The van der Waals surface area contributed by atoms with Gasteiger partial charge in [0.05, 0.1) is 21.8 Å². The zero-order valence-electron chi connectivity index (χ0n) is 11.8. The average molecular weight is 416 g/mol. The number of nitrogens with zero attached hydrogens (tertiary/aromatic N) is 2. The van der Waals surface area contributed by atoms with E-state index < -0.39 is 11.9 Å². The fourth-order valence-corrected chi connectivity index (χ4v) is 3.50. The molecule has 6 heteroatoms. The van der Waals surface area contributed by atoms with E-state index in [1.807, 2.05) is 38.2 Å². The molecule has 4 nitrogen and oxygen atoms in total. The molecule has 112 valence electrons. The van der Waals surface area contributed by atoms with Crippen LogP contribution in [0.3, 0.4) is 0 Å². The van der Waals surface area contributed by atoms with Crippen LogP contribution >= 0.6 is 31.9 Å². The third-order valence-electron chi connectivity index (χ3n) is 3.45. The molecule has 0 radical (unpaired) electrons. The van der Waals surface area contributed by atoms with Crippen molar-refractivity contribution in [2.75, 3.05) is 0 Å². The number of carboxylic acids is 1. The maximum Gasteiger partial charge on any atom is 0.311 e. The molecule has 1 aromatic carbocycles. The van der Waals surface area contributed by atoms with Crippen LogP contribution in [0.1, 0.15) is 29.8 Å². The highest BCUT2D eigenvalue weighted by atomic mass is 79.9. The fraction of sp³-hybridized carbons (Fsp3) is 0.333. The van der Waals surface area contributed by atoms with Gasteiger partial charge in [-0.15, -0.1) is 0 Å². The van der Waals surface area contributed by atoms with E-state index in [4.69, 9.17) is 0 Å². The van der Waals surface area contributed by atoms with Crippen molar-refractivity contribution in [3.63, 3.8) is 0 Å². The fourth-order valence-electron chi connectivity index (χ4n) is 2.31. The van der Waals surface area contributed by atoms with E-state index in [0.717, 1.165) is 32.3 Å². The van der Waals surface area contributed by atoms with Crippen LogP contribution in [0, 0.1) is 0 Å². The maximum absolute atomic E-state index is 11.7. The number of aromatic nitrogens is 2. The second-order valence-corrected chi connectivity index (χ2v) is 6.54. The Morgan fingerprint density at radius 1 is 1.43 bits per heavy atom. The van der Waals surface area contributed by atoms with Crippen molar-refractivity contribution in [2.24, 2.45) is 7.05 Å². The van der Waals surface area contributed by atoms with E-state index >= 15 is 0 Å². The first-order valence-corrected chi connectivity index (χ1v) is 8.21. The van der Waals surface area contributed by atoms with Gasteiger partial charge in [0.1, 0.15) is 0 Å². The van der Waals surface area contributed by atoms with Gasteiger partial charge in [0.25, 0.3) is 0 Å². The van der Waals surface area contributed by atoms with E-state index in [-0.39, 0.29) is 0 Å². The molecule has 0 aliphatic carbocycles. The van der Waals surface area contributed by atoms with E-state index in [0.29, 0.717) is 6.42 Å². The zero-order chi connectivity index (χ0) is 15.6. The Morgan fingerprint density at radius 3 is 2.67 bits per heavy atom. The molecule has 2 rings (SSSR count). The second kappa shape index (κ2) is 6.75. The number of hydrogen-bond donors (Lipinski definition) is 1. The van der Waals surface area contributed by atoms with Crippen molar-refractivity contribution in [3.05, 3.63) is 50.2 Å². The lowest BCUT2D eigenvalue weighted by Crippen LogP contribution is -2.16. The first-order chi connectivity index (χ1) is 9.93. The lowest BCUT2D eigenvalue weighted by molar-refractivity contribution is -0.138. The molecule has 1 aromatic heterocycles. The Balaban J connectivity index is 2.38. The summed E-state index contributed by atoms with van der Waals surface area (Å²) < 4.78 is 3.55. The Hall–Kier alpha value is -1.14. The van der Waals surface area contributed by atoms with Gasteiger partial charge in [0.2, 0.25) is 0 Å². The van der Waals surface area contributed by atoms with Crippen LogP contribution in [0.4, 0.5) is 0 Å².